The maximum absolute atomic E-state index is 13.1. The fourth-order valence-electron chi connectivity index (χ4n) is 4.49. The highest BCUT2D eigenvalue weighted by molar-refractivity contribution is 5.94. The van der Waals surface area contributed by atoms with E-state index in [1.165, 1.54) is 5.56 Å². The van der Waals surface area contributed by atoms with E-state index >= 15 is 0 Å². The molecule has 2 aromatic rings. The van der Waals surface area contributed by atoms with Gasteiger partial charge in [-0.3, -0.25) is 4.79 Å². The van der Waals surface area contributed by atoms with E-state index in [9.17, 15) is 4.79 Å². The summed E-state index contributed by atoms with van der Waals surface area (Å²) in [5.74, 6) is 1.76. The summed E-state index contributed by atoms with van der Waals surface area (Å²) < 4.78 is 0. The van der Waals surface area contributed by atoms with Crippen molar-refractivity contribution in [1.82, 2.24) is 14.8 Å². The van der Waals surface area contributed by atoms with Crippen LogP contribution in [0.15, 0.2) is 48.7 Å². The number of amides is 1. The number of likely N-dealkylation sites (tertiary alicyclic amines) is 1. The second kappa shape index (κ2) is 9.40. The number of hydrogen-bond donors (Lipinski definition) is 0. The van der Waals surface area contributed by atoms with Crippen molar-refractivity contribution >= 4 is 11.7 Å². The smallest absolute Gasteiger partial charge is 0.254 e. The van der Waals surface area contributed by atoms with Crippen LogP contribution in [0, 0.1) is 5.92 Å². The van der Waals surface area contributed by atoms with Gasteiger partial charge in [-0.25, -0.2) is 4.98 Å². The van der Waals surface area contributed by atoms with Crippen LogP contribution in [0.4, 0.5) is 5.82 Å². The third-order valence-corrected chi connectivity index (χ3v) is 6.40. The second-order valence-electron chi connectivity index (χ2n) is 8.25. The lowest BCUT2D eigenvalue weighted by molar-refractivity contribution is 0.0690. The lowest BCUT2D eigenvalue weighted by Gasteiger charge is -2.35. The van der Waals surface area contributed by atoms with E-state index in [4.69, 9.17) is 0 Å². The molecule has 0 radical (unpaired) electrons. The minimum absolute atomic E-state index is 0.152. The van der Waals surface area contributed by atoms with E-state index < -0.39 is 0 Å². The highest BCUT2D eigenvalue weighted by Crippen LogP contribution is 2.24. The summed E-state index contributed by atoms with van der Waals surface area (Å²) in [5, 5.41) is 0. The molecule has 4 rings (SSSR count). The third kappa shape index (κ3) is 4.96. The zero-order valence-electron chi connectivity index (χ0n) is 17.5. The molecule has 0 bridgehead atoms. The summed E-state index contributed by atoms with van der Waals surface area (Å²) in [6.45, 7) is 9.08. The molecule has 0 aliphatic carbocycles. The topological polar surface area (TPSA) is 39.7 Å². The van der Waals surface area contributed by atoms with Crippen LogP contribution in [0.25, 0.3) is 0 Å². The Kier molecular flexibility index (Phi) is 6.45. The molecule has 2 aliphatic rings. The molecule has 2 saturated heterocycles. The van der Waals surface area contributed by atoms with Crippen LogP contribution in [0.1, 0.15) is 35.7 Å². The Morgan fingerprint density at radius 2 is 1.72 bits per heavy atom. The van der Waals surface area contributed by atoms with Gasteiger partial charge in [0.15, 0.2) is 0 Å². The van der Waals surface area contributed by atoms with Crippen LogP contribution in [0.5, 0.6) is 0 Å². The molecule has 1 aromatic heterocycles. The van der Waals surface area contributed by atoms with Gasteiger partial charge < -0.3 is 14.7 Å². The first kappa shape index (κ1) is 19.9. The number of carbonyl (C=O) groups excluding carboxylic acids is 1. The first-order valence-electron chi connectivity index (χ1n) is 11.0. The molecular weight excluding hydrogens is 360 g/mol. The van der Waals surface area contributed by atoms with Crippen molar-refractivity contribution in [3.8, 4) is 0 Å². The molecule has 5 nitrogen and oxygen atoms in total. The van der Waals surface area contributed by atoms with Gasteiger partial charge >= 0.3 is 0 Å². The lowest BCUT2D eigenvalue weighted by atomic mass is 9.90. The summed E-state index contributed by atoms with van der Waals surface area (Å²) in [7, 11) is 0. The molecule has 0 saturated carbocycles. The number of likely N-dealkylation sites (N-methyl/N-ethyl adjacent to an activating group) is 1. The molecule has 0 atom stereocenters. The quantitative estimate of drug-likeness (QED) is 0.783. The normalized spacial score (nSPS) is 18.8. The van der Waals surface area contributed by atoms with Crippen LogP contribution in [-0.4, -0.2) is 66.5 Å². The Labute approximate surface area is 174 Å². The Morgan fingerprint density at radius 1 is 1.00 bits per heavy atom. The summed E-state index contributed by atoms with van der Waals surface area (Å²) in [6.07, 6.45) is 5.07. The van der Waals surface area contributed by atoms with Crippen molar-refractivity contribution in [3.05, 3.63) is 59.8 Å². The van der Waals surface area contributed by atoms with E-state index in [1.807, 2.05) is 17.0 Å². The van der Waals surface area contributed by atoms with Crippen LogP contribution >= 0.6 is 0 Å². The zero-order valence-corrected chi connectivity index (χ0v) is 17.5. The number of hydrogen-bond acceptors (Lipinski definition) is 4. The maximum atomic E-state index is 13.1. The largest absolute Gasteiger partial charge is 0.354 e. The van der Waals surface area contributed by atoms with E-state index in [2.05, 4.69) is 52.0 Å². The average Bonchev–Trinajstić information content (AvgIpc) is 2.80. The summed E-state index contributed by atoms with van der Waals surface area (Å²) >= 11 is 0. The van der Waals surface area contributed by atoms with Gasteiger partial charge in [0.25, 0.3) is 5.91 Å². The first-order chi connectivity index (χ1) is 14.2. The standard InChI is InChI=1S/C24H32N4O/c1-2-26-14-16-27(17-15-26)23-19-22(8-11-25-23)24(29)28-12-9-21(10-13-28)18-20-6-4-3-5-7-20/h3-8,11,19,21H,2,9-10,12-18H2,1H3. The van der Waals surface area contributed by atoms with E-state index in [-0.39, 0.29) is 5.91 Å². The van der Waals surface area contributed by atoms with Crippen molar-refractivity contribution in [3.63, 3.8) is 0 Å². The number of aromatic nitrogens is 1. The molecule has 0 spiro atoms. The summed E-state index contributed by atoms with van der Waals surface area (Å²) in [6, 6.07) is 14.5. The Hall–Kier alpha value is -2.40. The Balaban J connectivity index is 1.33. The predicted octanol–water partition coefficient (Wildman–Crippen LogP) is 3.32. The van der Waals surface area contributed by atoms with Crippen molar-refractivity contribution < 1.29 is 4.79 Å². The molecule has 1 aromatic carbocycles. The Bertz CT molecular complexity index is 794. The minimum atomic E-state index is 0.152. The van der Waals surface area contributed by atoms with Gasteiger partial charge in [-0.15, -0.1) is 0 Å². The van der Waals surface area contributed by atoms with Gasteiger partial charge in [0.05, 0.1) is 0 Å². The third-order valence-electron chi connectivity index (χ3n) is 6.40. The molecule has 2 fully saturated rings. The molecular formula is C24H32N4O. The maximum Gasteiger partial charge on any atom is 0.254 e. The number of nitrogens with zero attached hydrogens (tertiary/aromatic N) is 4. The molecule has 0 N–H and O–H groups in total. The van der Waals surface area contributed by atoms with Crippen molar-refractivity contribution in [2.75, 3.05) is 50.7 Å². The van der Waals surface area contributed by atoms with Gasteiger partial charge in [-0.05, 0) is 49.4 Å². The number of piperidine rings is 1. The molecule has 3 heterocycles. The fourth-order valence-corrected chi connectivity index (χ4v) is 4.49. The Morgan fingerprint density at radius 3 is 2.41 bits per heavy atom. The monoisotopic (exact) mass is 392 g/mol. The van der Waals surface area contributed by atoms with Crippen LogP contribution < -0.4 is 4.90 Å². The van der Waals surface area contributed by atoms with Gasteiger partial charge in [0, 0.05) is 51.0 Å². The summed E-state index contributed by atoms with van der Waals surface area (Å²) in [5.41, 5.74) is 2.17. The molecule has 2 aliphatic heterocycles. The van der Waals surface area contributed by atoms with Gasteiger partial charge in [-0.2, -0.15) is 0 Å². The average molecular weight is 393 g/mol. The zero-order chi connectivity index (χ0) is 20.1. The highest BCUT2D eigenvalue weighted by atomic mass is 16.2. The number of anilines is 1. The molecule has 5 heteroatoms. The van der Waals surface area contributed by atoms with Crippen molar-refractivity contribution in [2.45, 2.75) is 26.2 Å². The molecule has 154 valence electrons. The fraction of sp³-hybridized carbons (Fsp3) is 0.500. The van der Waals surface area contributed by atoms with Gasteiger partial charge in [0.2, 0.25) is 0 Å². The predicted molar refractivity (Wildman–Crippen MR) is 117 cm³/mol. The van der Waals surface area contributed by atoms with Crippen molar-refractivity contribution in [1.29, 1.82) is 0 Å². The number of piperazine rings is 1. The first-order valence-corrected chi connectivity index (χ1v) is 11.0. The van der Waals surface area contributed by atoms with E-state index in [0.29, 0.717) is 5.92 Å². The second-order valence-corrected chi connectivity index (χ2v) is 8.25. The van der Waals surface area contributed by atoms with E-state index in [1.54, 1.807) is 6.20 Å². The molecule has 1 amide bonds. The minimum Gasteiger partial charge on any atom is -0.354 e. The summed E-state index contributed by atoms with van der Waals surface area (Å²) in [4.78, 5) is 24.4. The van der Waals surface area contributed by atoms with Gasteiger partial charge in [-0.1, -0.05) is 37.3 Å². The molecule has 0 unspecified atom stereocenters. The number of pyridine rings is 1. The van der Waals surface area contributed by atoms with Crippen molar-refractivity contribution in [2.24, 2.45) is 5.92 Å². The number of rotatable bonds is 5. The van der Waals surface area contributed by atoms with Crippen LogP contribution in [0.2, 0.25) is 0 Å². The molecule has 29 heavy (non-hydrogen) atoms. The SMILES string of the molecule is CCN1CCN(c2cc(C(=O)N3CCC(Cc4ccccc4)CC3)ccn2)CC1. The van der Waals surface area contributed by atoms with Gasteiger partial charge in [0.1, 0.15) is 5.82 Å². The lowest BCUT2D eigenvalue weighted by Crippen LogP contribution is -2.46. The van der Waals surface area contributed by atoms with Crippen LogP contribution in [0.3, 0.4) is 0 Å². The highest BCUT2D eigenvalue weighted by Gasteiger charge is 2.25. The van der Waals surface area contributed by atoms with Crippen LogP contribution in [-0.2, 0) is 6.42 Å². The number of carbonyl (C=O) groups is 1. The van der Waals surface area contributed by atoms with E-state index in [0.717, 1.165) is 76.5 Å². The number of benzene rings is 1.